The third kappa shape index (κ3) is 5.11. The summed E-state index contributed by atoms with van der Waals surface area (Å²) in [4.78, 5) is 0.415. The van der Waals surface area contributed by atoms with E-state index in [-0.39, 0.29) is 11.6 Å². The van der Waals surface area contributed by atoms with Gasteiger partial charge in [0.2, 0.25) is 0 Å². The van der Waals surface area contributed by atoms with Crippen LogP contribution in [-0.2, 0) is 0 Å². The second-order valence-electron chi connectivity index (χ2n) is 5.07. The molecule has 1 aromatic rings. The average Bonchev–Trinajstić information content (AvgIpc) is 2.43. The zero-order valence-corrected chi connectivity index (χ0v) is 11.9. The van der Waals surface area contributed by atoms with Crippen LogP contribution in [0.2, 0.25) is 0 Å². The molecule has 106 valence electrons. The first-order chi connectivity index (χ1) is 9.25. The fourth-order valence-electron chi connectivity index (χ4n) is 2.46. The van der Waals surface area contributed by atoms with E-state index in [9.17, 15) is 8.78 Å². The molecule has 1 saturated carbocycles. The molecule has 1 aliphatic carbocycles. The molecule has 1 aliphatic rings. The lowest BCUT2D eigenvalue weighted by molar-refractivity contribution is 0.375. The van der Waals surface area contributed by atoms with Crippen LogP contribution in [-0.4, -0.2) is 18.3 Å². The van der Waals surface area contributed by atoms with E-state index in [4.69, 9.17) is 0 Å². The molecule has 0 unspecified atom stereocenters. The first kappa shape index (κ1) is 14.8. The second kappa shape index (κ2) is 7.85. The summed E-state index contributed by atoms with van der Waals surface area (Å²) < 4.78 is 26.3. The lowest BCUT2D eigenvalue weighted by Gasteiger charge is -2.22. The predicted octanol–water partition coefficient (Wildman–Crippen LogP) is 4.37. The Kier molecular flexibility index (Phi) is 6.11. The summed E-state index contributed by atoms with van der Waals surface area (Å²) in [6.45, 7) is 0.967. The summed E-state index contributed by atoms with van der Waals surface area (Å²) >= 11 is 1.39. The van der Waals surface area contributed by atoms with Crippen molar-refractivity contribution in [3.8, 4) is 0 Å². The van der Waals surface area contributed by atoms with Gasteiger partial charge in [0.15, 0.2) is 0 Å². The Morgan fingerprint density at radius 2 is 1.95 bits per heavy atom. The van der Waals surface area contributed by atoms with Gasteiger partial charge in [-0.3, -0.25) is 0 Å². The highest BCUT2D eigenvalue weighted by Gasteiger charge is 2.11. The van der Waals surface area contributed by atoms with Crippen molar-refractivity contribution in [2.45, 2.75) is 49.5 Å². The van der Waals surface area contributed by atoms with Crippen LogP contribution in [0.1, 0.15) is 38.5 Å². The van der Waals surface area contributed by atoms with Gasteiger partial charge in [-0.15, -0.1) is 11.8 Å². The first-order valence-electron chi connectivity index (χ1n) is 7.07. The van der Waals surface area contributed by atoms with Gasteiger partial charge in [0, 0.05) is 10.9 Å². The Morgan fingerprint density at radius 3 is 2.74 bits per heavy atom. The third-order valence-electron chi connectivity index (χ3n) is 3.51. The van der Waals surface area contributed by atoms with Crippen molar-refractivity contribution in [2.75, 3.05) is 12.3 Å². The molecule has 1 N–H and O–H groups in total. The lowest BCUT2D eigenvalue weighted by atomic mass is 9.95. The molecule has 0 aliphatic heterocycles. The van der Waals surface area contributed by atoms with Crippen molar-refractivity contribution in [3.63, 3.8) is 0 Å². The molecule has 2 rings (SSSR count). The van der Waals surface area contributed by atoms with Crippen LogP contribution in [0.3, 0.4) is 0 Å². The minimum absolute atomic E-state index is 0.327. The van der Waals surface area contributed by atoms with Crippen LogP contribution in [0.15, 0.2) is 23.1 Å². The van der Waals surface area contributed by atoms with Crippen molar-refractivity contribution in [1.82, 2.24) is 5.32 Å². The van der Waals surface area contributed by atoms with Crippen molar-refractivity contribution in [1.29, 1.82) is 0 Å². The summed E-state index contributed by atoms with van der Waals surface area (Å²) in [6.07, 6.45) is 7.59. The van der Waals surface area contributed by atoms with Crippen LogP contribution in [0.5, 0.6) is 0 Å². The Labute approximate surface area is 118 Å². The molecule has 0 radical (unpaired) electrons. The van der Waals surface area contributed by atoms with E-state index in [0.29, 0.717) is 10.9 Å². The van der Waals surface area contributed by atoms with Crippen LogP contribution in [0.25, 0.3) is 0 Å². The second-order valence-corrected chi connectivity index (χ2v) is 6.20. The topological polar surface area (TPSA) is 12.0 Å². The van der Waals surface area contributed by atoms with Crippen molar-refractivity contribution in [3.05, 3.63) is 29.8 Å². The molecular formula is C15H21F2NS. The number of hydrogen-bond acceptors (Lipinski definition) is 2. The SMILES string of the molecule is Fc1ccc(F)c(SCCCNC2CCCCC2)c1. The molecule has 1 nitrogen and oxygen atoms in total. The number of halogens is 2. The van der Waals surface area contributed by atoms with Crippen molar-refractivity contribution < 1.29 is 8.78 Å². The fourth-order valence-corrected chi connectivity index (χ4v) is 3.37. The molecule has 0 heterocycles. The zero-order chi connectivity index (χ0) is 13.5. The number of rotatable bonds is 6. The quantitative estimate of drug-likeness (QED) is 0.615. The molecule has 4 heteroatoms. The summed E-state index contributed by atoms with van der Waals surface area (Å²) in [5.74, 6) is 0.121. The van der Waals surface area contributed by atoms with E-state index in [2.05, 4.69) is 5.32 Å². The van der Waals surface area contributed by atoms with Crippen LogP contribution < -0.4 is 5.32 Å². The van der Waals surface area contributed by atoms with Gasteiger partial charge >= 0.3 is 0 Å². The molecule has 0 saturated heterocycles. The molecule has 0 atom stereocenters. The summed E-state index contributed by atoms with van der Waals surface area (Å²) in [5.41, 5.74) is 0. The highest BCUT2D eigenvalue weighted by atomic mass is 32.2. The highest BCUT2D eigenvalue weighted by molar-refractivity contribution is 7.99. The standard InChI is InChI=1S/C15H21F2NS/c16-12-7-8-14(17)15(11-12)19-10-4-9-18-13-5-2-1-3-6-13/h7-8,11,13,18H,1-6,9-10H2. The van der Waals surface area contributed by atoms with E-state index >= 15 is 0 Å². The molecular weight excluding hydrogens is 264 g/mol. The van der Waals surface area contributed by atoms with Gasteiger partial charge in [0.05, 0.1) is 0 Å². The average molecular weight is 285 g/mol. The minimum Gasteiger partial charge on any atom is -0.314 e. The molecule has 1 aromatic carbocycles. The van der Waals surface area contributed by atoms with Gasteiger partial charge in [0.25, 0.3) is 0 Å². The number of nitrogens with one attached hydrogen (secondary N) is 1. The predicted molar refractivity (Wildman–Crippen MR) is 76.6 cm³/mol. The largest absolute Gasteiger partial charge is 0.314 e. The summed E-state index contributed by atoms with van der Waals surface area (Å²) in [6, 6.07) is 4.29. The molecule has 0 bridgehead atoms. The van der Waals surface area contributed by atoms with E-state index < -0.39 is 0 Å². The molecule has 19 heavy (non-hydrogen) atoms. The normalized spacial score (nSPS) is 16.7. The molecule has 0 spiro atoms. The minimum atomic E-state index is -0.371. The monoisotopic (exact) mass is 285 g/mol. The number of hydrogen-bond donors (Lipinski definition) is 1. The maximum Gasteiger partial charge on any atom is 0.136 e. The Morgan fingerprint density at radius 1 is 1.16 bits per heavy atom. The van der Waals surface area contributed by atoms with Gasteiger partial charge in [-0.05, 0) is 49.8 Å². The van der Waals surface area contributed by atoms with Gasteiger partial charge in [-0.2, -0.15) is 0 Å². The van der Waals surface area contributed by atoms with Gasteiger partial charge in [0.1, 0.15) is 11.6 Å². The van der Waals surface area contributed by atoms with Gasteiger partial charge in [-0.25, -0.2) is 8.78 Å². The zero-order valence-electron chi connectivity index (χ0n) is 11.1. The van der Waals surface area contributed by atoms with E-state index in [1.807, 2.05) is 0 Å². The maximum atomic E-state index is 13.4. The first-order valence-corrected chi connectivity index (χ1v) is 8.05. The summed E-state index contributed by atoms with van der Waals surface area (Å²) in [5, 5.41) is 3.55. The van der Waals surface area contributed by atoms with Crippen LogP contribution >= 0.6 is 11.8 Å². The Balaban J connectivity index is 1.62. The van der Waals surface area contributed by atoms with E-state index in [1.54, 1.807) is 0 Å². The van der Waals surface area contributed by atoms with Crippen molar-refractivity contribution in [2.24, 2.45) is 0 Å². The molecule has 0 amide bonds. The van der Waals surface area contributed by atoms with Gasteiger partial charge < -0.3 is 5.32 Å². The van der Waals surface area contributed by atoms with E-state index in [1.165, 1.54) is 56.0 Å². The summed E-state index contributed by atoms with van der Waals surface area (Å²) in [7, 11) is 0. The molecule has 0 aromatic heterocycles. The fraction of sp³-hybridized carbons (Fsp3) is 0.600. The highest BCUT2D eigenvalue weighted by Crippen LogP contribution is 2.23. The molecule has 1 fully saturated rings. The van der Waals surface area contributed by atoms with Gasteiger partial charge in [-0.1, -0.05) is 19.3 Å². The number of benzene rings is 1. The maximum absolute atomic E-state index is 13.4. The van der Waals surface area contributed by atoms with Crippen LogP contribution in [0.4, 0.5) is 8.78 Å². The Bertz CT molecular complexity index is 392. The third-order valence-corrected chi connectivity index (χ3v) is 4.63. The van der Waals surface area contributed by atoms with Crippen LogP contribution in [0, 0.1) is 11.6 Å². The van der Waals surface area contributed by atoms with Crippen molar-refractivity contribution >= 4 is 11.8 Å². The number of thioether (sulfide) groups is 1. The van der Waals surface area contributed by atoms with E-state index in [0.717, 1.165) is 24.8 Å². The lowest BCUT2D eigenvalue weighted by Crippen LogP contribution is -2.31. The smallest absolute Gasteiger partial charge is 0.136 e. The Hall–Kier alpha value is -0.610.